The summed E-state index contributed by atoms with van der Waals surface area (Å²) in [6.45, 7) is 19.7. The van der Waals surface area contributed by atoms with Crippen molar-refractivity contribution < 1.29 is 19.1 Å². The molecule has 0 N–H and O–H groups in total. The van der Waals surface area contributed by atoms with Gasteiger partial charge in [0.05, 0.1) is 0 Å². The number of carbonyl (C=O) groups is 2. The Morgan fingerprint density at radius 3 is 1.16 bits per heavy atom. The van der Waals surface area contributed by atoms with E-state index in [0.29, 0.717) is 49.9 Å². The number of hydrogen-bond acceptors (Lipinski definition) is 4. The van der Waals surface area contributed by atoms with Crippen molar-refractivity contribution in [3.63, 3.8) is 0 Å². The molecule has 2 amide bonds. The minimum absolute atomic E-state index is 0.154. The normalized spacial score (nSPS) is 11.4. The molecule has 6 nitrogen and oxygen atoms in total. The van der Waals surface area contributed by atoms with Gasteiger partial charge in [-0.15, -0.1) is 0 Å². The van der Waals surface area contributed by atoms with Crippen LogP contribution in [0.15, 0.2) is 24.3 Å². The maximum Gasteiger partial charge on any atom is 0.410 e. The Morgan fingerprint density at radius 1 is 0.625 bits per heavy atom. The highest BCUT2D eigenvalue weighted by atomic mass is 16.6. The van der Waals surface area contributed by atoms with Gasteiger partial charge in [0.1, 0.15) is 13.2 Å². The van der Waals surface area contributed by atoms with Crippen molar-refractivity contribution in [1.82, 2.24) is 9.80 Å². The molecule has 0 saturated carbocycles. The van der Waals surface area contributed by atoms with Crippen molar-refractivity contribution in [2.24, 2.45) is 23.7 Å². The molecule has 0 spiro atoms. The van der Waals surface area contributed by atoms with E-state index in [9.17, 15) is 9.59 Å². The quantitative estimate of drug-likeness (QED) is 0.383. The van der Waals surface area contributed by atoms with Crippen molar-refractivity contribution in [2.45, 2.75) is 68.6 Å². The number of ether oxygens (including phenoxy) is 2. The van der Waals surface area contributed by atoms with Gasteiger partial charge in [0, 0.05) is 26.2 Å². The van der Waals surface area contributed by atoms with E-state index in [0.717, 1.165) is 11.1 Å². The second-order valence-corrected chi connectivity index (χ2v) is 10.3. The molecule has 32 heavy (non-hydrogen) atoms. The van der Waals surface area contributed by atoms with Crippen molar-refractivity contribution in [3.8, 4) is 0 Å². The average molecular weight is 449 g/mol. The van der Waals surface area contributed by atoms with Gasteiger partial charge >= 0.3 is 12.2 Å². The fraction of sp³-hybridized carbons (Fsp3) is 0.692. The van der Waals surface area contributed by atoms with Gasteiger partial charge in [0.15, 0.2) is 0 Å². The van der Waals surface area contributed by atoms with Gasteiger partial charge in [-0.2, -0.15) is 0 Å². The predicted octanol–water partition coefficient (Wildman–Crippen LogP) is 6.19. The third-order valence-electron chi connectivity index (χ3n) is 4.68. The van der Waals surface area contributed by atoms with Gasteiger partial charge in [-0.1, -0.05) is 79.7 Å². The van der Waals surface area contributed by atoms with Crippen LogP contribution in [0, 0.1) is 23.7 Å². The molecule has 0 fully saturated rings. The van der Waals surface area contributed by atoms with E-state index in [-0.39, 0.29) is 25.4 Å². The van der Waals surface area contributed by atoms with Crippen LogP contribution in [0.25, 0.3) is 0 Å². The number of nitrogens with zero attached hydrogens (tertiary/aromatic N) is 2. The van der Waals surface area contributed by atoms with Crippen LogP contribution < -0.4 is 0 Å². The Hall–Kier alpha value is -2.24. The molecule has 0 bridgehead atoms. The molecule has 1 aromatic rings. The van der Waals surface area contributed by atoms with Crippen LogP contribution in [0.2, 0.25) is 0 Å². The number of benzene rings is 1. The lowest BCUT2D eigenvalue weighted by Gasteiger charge is -2.26. The summed E-state index contributed by atoms with van der Waals surface area (Å²) >= 11 is 0. The van der Waals surface area contributed by atoms with E-state index in [4.69, 9.17) is 9.47 Å². The third kappa shape index (κ3) is 10.9. The van der Waals surface area contributed by atoms with Crippen molar-refractivity contribution in [2.75, 3.05) is 26.2 Å². The number of amides is 2. The SMILES string of the molecule is CC(C)CN(CC(C)C)C(=O)OCc1ccccc1COC(=O)N(CC(C)C)CC(C)C. The van der Waals surface area contributed by atoms with E-state index < -0.39 is 0 Å². The topological polar surface area (TPSA) is 59.1 Å². The largest absolute Gasteiger partial charge is 0.445 e. The van der Waals surface area contributed by atoms with E-state index >= 15 is 0 Å². The highest BCUT2D eigenvalue weighted by Crippen LogP contribution is 2.15. The zero-order valence-electron chi connectivity index (χ0n) is 21.4. The average Bonchev–Trinajstić information content (AvgIpc) is 2.68. The van der Waals surface area contributed by atoms with E-state index in [1.165, 1.54) is 0 Å². The maximum atomic E-state index is 12.7. The Balaban J connectivity index is 2.76. The van der Waals surface area contributed by atoms with Gasteiger partial charge in [-0.05, 0) is 34.8 Å². The Bertz CT molecular complexity index is 622. The first-order valence-corrected chi connectivity index (χ1v) is 11.9. The molecule has 0 aliphatic rings. The highest BCUT2D eigenvalue weighted by Gasteiger charge is 2.20. The highest BCUT2D eigenvalue weighted by molar-refractivity contribution is 5.68. The second-order valence-electron chi connectivity index (χ2n) is 10.3. The molecule has 0 saturated heterocycles. The molecule has 1 rings (SSSR count). The molecule has 6 heteroatoms. The molecule has 0 aliphatic heterocycles. The minimum Gasteiger partial charge on any atom is -0.445 e. The van der Waals surface area contributed by atoms with Crippen molar-refractivity contribution >= 4 is 12.2 Å². The maximum absolute atomic E-state index is 12.7. The third-order valence-corrected chi connectivity index (χ3v) is 4.68. The smallest absolute Gasteiger partial charge is 0.410 e. The Labute approximate surface area is 195 Å². The number of hydrogen-bond donors (Lipinski definition) is 0. The van der Waals surface area contributed by atoms with Gasteiger partial charge in [0.25, 0.3) is 0 Å². The Morgan fingerprint density at radius 2 is 0.906 bits per heavy atom. The van der Waals surface area contributed by atoms with Crippen molar-refractivity contribution in [1.29, 1.82) is 0 Å². The zero-order chi connectivity index (χ0) is 24.3. The van der Waals surface area contributed by atoms with E-state index in [1.807, 2.05) is 24.3 Å². The van der Waals surface area contributed by atoms with Gasteiger partial charge in [-0.25, -0.2) is 9.59 Å². The lowest BCUT2D eigenvalue weighted by Crippen LogP contribution is -2.37. The number of carbonyl (C=O) groups excluding carboxylic acids is 2. The molecule has 0 atom stereocenters. The first kappa shape index (κ1) is 27.8. The van der Waals surface area contributed by atoms with Gasteiger partial charge < -0.3 is 19.3 Å². The molecular weight excluding hydrogens is 404 g/mol. The van der Waals surface area contributed by atoms with Crippen LogP contribution in [0.5, 0.6) is 0 Å². The summed E-state index contributed by atoms with van der Waals surface area (Å²) < 4.78 is 11.3. The minimum atomic E-state index is -0.306. The van der Waals surface area contributed by atoms with E-state index in [1.54, 1.807) is 9.80 Å². The van der Waals surface area contributed by atoms with Crippen LogP contribution in [0.1, 0.15) is 66.5 Å². The van der Waals surface area contributed by atoms with Crippen LogP contribution in [0.3, 0.4) is 0 Å². The molecule has 0 unspecified atom stereocenters. The molecule has 182 valence electrons. The second kappa shape index (κ2) is 14.0. The Kier molecular flexibility index (Phi) is 12.2. The molecule has 1 aromatic carbocycles. The summed E-state index contributed by atoms with van der Waals surface area (Å²) in [6.07, 6.45) is -0.613. The summed E-state index contributed by atoms with van der Waals surface area (Å²) in [7, 11) is 0. The molecular formula is C26H44N2O4. The van der Waals surface area contributed by atoms with Crippen LogP contribution in [-0.4, -0.2) is 48.2 Å². The molecule has 0 heterocycles. The molecule has 0 radical (unpaired) electrons. The summed E-state index contributed by atoms with van der Waals surface area (Å²) in [5.41, 5.74) is 1.70. The van der Waals surface area contributed by atoms with E-state index in [2.05, 4.69) is 55.4 Å². The first-order chi connectivity index (χ1) is 15.0. The zero-order valence-corrected chi connectivity index (χ0v) is 21.4. The first-order valence-electron chi connectivity index (χ1n) is 11.9. The standard InChI is InChI=1S/C26H44N2O4/c1-19(2)13-27(14-20(3)4)25(29)31-17-23-11-9-10-12-24(23)18-32-26(30)28(15-21(5)6)16-22(7)8/h9-12,19-22H,13-18H2,1-8H3. The lowest BCUT2D eigenvalue weighted by molar-refractivity contribution is 0.0816. The molecule has 0 aromatic heterocycles. The van der Waals surface area contributed by atoms with Crippen molar-refractivity contribution in [3.05, 3.63) is 35.4 Å². The van der Waals surface area contributed by atoms with Gasteiger partial charge in [-0.3, -0.25) is 0 Å². The summed E-state index contributed by atoms with van der Waals surface area (Å²) in [5, 5.41) is 0. The fourth-order valence-electron chi connectivity index (χ4n) is 3.51. The summed E-state index contributed by atoms with van der Waals surface area (Å²) in [4.78, 5) is 28.9. The molecule has 0 aliphatic carbocycles. The summed E-state index contributed by atoms with van der Waals surface area (Å²) in [5.74, 6) is 1.47. The lowest BCUT2D eigenvalue weighted by atomic mass is 10.1. The van der Waals surface area contributed by atoms with Gasteiger partial charge in [0.2, 0.25) is 0 Å². The fourth-order valence-corrected chi connectivity index (χ4v) is 3.51. The van der Waals surface area contributed by atoms with Crippen LogP contribution in [0.4, 0.5) is 9.59 Å². The monoisotopic (exact) mass is 448 g/mol. The summed E-state index contributed by atoms with van der Waals surface area (Å²) in [6, 6.07) is 7.62. The van der Waals surface area contributed by atoms with Crippen LogP contribution >= 0.6 is 0 Å². The number of rotatable bonds is 12. The predicted molar refractivity (Wildman–Crippen MR) is 129 cm³/mol. The van der Waals surface area contributed by atoms with Crippen LogP contribution in [-0.2, 0) is 22.7 Å².